The molecule has 0 radical (unpaired) electrons. The second-order valence-corrected chi connectivity index (χ2v) is 13.4. The van der Waals surface area contributed by atoms with E-state index in [1.54, 1.807) is 6.20 Å². The maximum atomic E-state index is 6.78. The van der Waals surface area contributed by atoms with Gasteiger partial charge in [-0.2, -0.15) is 0 Å². The summed E-state index contributed by atoms with van der Waals surface area (Å²) in [6, 6.07) is 60.1. The Labute approximate surface area is 313 Å². The van der Waals surface area contributed by atoms with Crippen molar-refractivity contribution in [3.05, 3.63) is 188 Å². The lowest BCUT2D eigenvalue weighted by Gasteiger charge is -2.26. The van der Waals surface area contributed by atoms with Gasteiger partial charge < -0.3 is 13.9 Å². The molecule has 0 spiro atoms. The van der Waals surface area contributed by atoms with E-state index in [0.717, 1.165) is 66.4 Å². The fourth-order valence-corrected chi connectivity index (χ4v) is 7.50. The Kier molecular flexibility index (Phi) is 7.84. The van der Waals surface area contributed by atoms with E-state index in [4.69, 9.17) is 18.9 Å². The average molecular weight is 695 g/mol. The van der Waals surface area contributed by atoms with Gasteiger partial charge in [0.05, 0.1) is 5.69 Å². The molecule has 4 heterocycles. The zero-order valence-electron chi connectivity index (χ0n) is 29.1. The van der Waals surface area contributed by atoms with E-state index in [0.29, 0.717) is 28.9 Å². The Bertz CT molecular complexity index is 2730. The normalized spacial score (nSPS) is 11.8. The summed E-state index contributed by atoms with van der Waals surface area (Å²) < 4.78 is 19.7. The second-order valence-electron chi connectivity index (χ2n) is 13.4. The number of ether oxygens (including phenoxy) is 2. The van der Waals surface area contributed by atoms with Crippen LogP contribution in [0.25, 0.3) is 55.7 Å². The first-order chi connectivity index (χ1) is 26.7. The number of hydrogen-bond acceptors (Lipinski definition) is 5. The number of hydrogen-bond donors (Lipinski definition) is 0. The van der Waals surface area contributed by atoms with Crippen molar-refractivity contribution < 1.29 is 13.9 Å². The topological polar surface area (TPSA) is 57.4 Å². The highest BCUT2D eigenvalue weighted by Gasteiger charge is 2.39. The lowest BCUT2D eigenvalue weighted by Crippen LogP contribution is -2.54. The number of aromatic nitrogens is 2. The Morgan fingerprint density at radius 3 is 1.85 bits per heavy atom. The first kappa shape index (κ1) is 31.6. The van der Waals surface area contributed by atoms with E-state index in [1.807, 2.05) is 85.1 Å². The number of furan rings is 1. The molecule has 0 unspecified atom stereocenters. The van der Waals surface area contributed by atoms with Crippen molar-refractivity contribution in [3.63, 3.8) is 0 Å². The molecule has 0 N–H and O–H groups in total. The van der Waals surface area contributed by atoms with Gasteiger partial charge in [-0.25, -0.2) is 0 Å². The maximum absolute atomic E-state index is 6.78. The molecule has 0 saturated carbocycles. The number of rotatable bonds is 7. The first-order valence-corrected chi connectivity index (χ1v) is 18.0. The zero-order valence-corrected chi connectivity index (χ0v) is 29.1. The van der Waals surface area contributed by atoms with Crippen molar-refractivity contribution in [2.24, 2.45) is 0 Å². The summed E-state index contributed by atoms with van der Waals surface area (Å²) in [6.07, 6.45) is 3.67. The van der Waals surface area contributed by atoms with Gasteiger partial charge in [-0.15, -0.1) is 0 Å². The van der Waals surface area contributed by atoms with E-state index in [2.05, 4.69) is 102 Å². The Hall–Kier alpha value is -7.18. The molecule has 9 aromatic rings. The SMILES string of the molecule is c1ccc(-c2cc(B3c4ccnc(-c5cccc(Oc6cccc(-c7ccccn7)c6)c5)c4Oc4oc5ccccc5c43)cc(-c3ccccc3)c2)cc1. The molecule has 0 aliphatic carbocycles. The molecular weight excluding hydrogens is 663 g/mol. The van der Waals surface area contributed by atoms with Crippen molar-refractivity contribution in [1.29, 1.82) is 0 Å². The van der Waals surface area contributed by atoms with Crippen LogP contribution in [-0.4, -0.2) is 16.7 Å². The lowest BCUT2D eigenvalue weighted by molar-refractivity contribution is 0.364. The molecule has 0 fully saturated rings. The molecular formula is C48H31BN2O3. The molecule has 254 valence electrons. The highest BCUT2D eigenvalue weighted by molar-refractivity contribution is 6.98. The molecule has 5 nitrogen and oxygen atoms in total. The van der Waals surface area contributed by atoms with Crippen LogP contribution in [0.1, 0.15) is 0 Å². The van der Waals surface area contributed by atoms with Gasteiger partial charge in [-0.3, -0.25) is 9.97 Å². The van der Waals surface area contributed by atoms with Gasteiger partial charge in [-0.05, 0) is 82.3 Å². The van der Waals surface area contributed by atoms with Crippen LogP contribution in [0.15, 0.2) is 193 Å². The number of fused-ring (bicyclic) bond motifs is 4. The van der Waals surface area contributed by atoms with E-state index in [9.17, 15) is 0 Å². The van der Waals surface area contributed by atoms with Gasteiger partial charge in [0.25, 0.3) is 12.7 Å². The van der Waals surface area contributed by atoms with Crippen LogP contribution in [0.3, 0.4) is 0 Å². The largest absolute Gasteiger partial charge is 0.457 e. The fraction of sp³-hybridized carbons (Fsp3) is 0. The third-order valence-electron chi connectivity index (χ3n) is 9.97. The third kappa shape index (κ3) is 5.80. The van der Waals surface area contributed by atoms with Crippen molar-refractivity contribution in [3.8, 4) is 68.0 Å². The summed E-state index contributed by atoms with van der Waals surface area (Å²) in [5.41, 5.74) is 12.0. The minimum Gasteiger partial charge on any atom is -0.457 e. The Balaban J connectivity index is 1.11. The van der Waals surface area contributed by atoms with Crippen LogP contribution in [-0.2, 0) is 0 Å². The van der Waals surface area contributed by atoms with E-state index in [1.165, 1.54) is 0 Å². The van der Waals surface area contributed by atoms with Gasteiger partial charge >= 0.3 is 0 Å². The predicted molar refractivity (Wildman–Crippen MR) is 218 cm³/mol. The first-order valence-electron chi connectivity index (χ1n) is 18.0. The molecule has 0 bridgehead atoms. The number of pyridine rings is 2. The molecule has 0 saturated heterocycles. The molecule has 3 aromatic heterocycles. The minimum absolute atomic E-state index is 0.200. The molecule has 10 rings (SSSR count). The standard InChI is InChI=1S/C48H31BN2O3/c1-3-13-32(14-4-1)36-27-37(33-15-5-2-6-16-33)29-38(28-36)49-42-24-26-51-46(47(42)54-48-45(49)41-21-7-8-23-44(41)53-48)35-18-12-20-40(31-35)52-39-19-11-17-34(30-39)43-22-9-10-25-50-43/h1-31H. The molecule has 1 aliphatic rings. The van der Waals surface area contributed by atoms with E-state index < -0.39 is 0 Å². The van der Waals surface area contributed by atoms with Crippen molar-refractivity contribution in [2.75, 3.05) is 0 Å². The number of para-hydroxylation sites is 1. The van der Waals surface area contributed by atoms with Crippen LogP contribution < -0.4 is 25.9 Å². The highest BCUT2D eigenvalue weighted by Crippen LogP contribution is 2.38. The van der Waals surface area contributed by atoms with Gasteiger partial charge in [0.2, 0.25) is 0 Å². The van der Waals surface area contributed by atoms with Crippen molar-refractivity contribution >= 4 is 34.1 Å². The van der Waals surface area contributed by atoms with Crippen LogP contribution in [0.4, 0.5) is 0 Å². The molecule has 54 heavy (non-hydrogen) atoms. The predicted octanol–water partition coefficient (Wildman–Crippen LogP) is 10.3. The quantitative estimate of drug-likeness (QED) is 0.156. The van der Waals surface area contributed by atoms with Gasteiger partial charge in [0.15, 0.2) is 5.75 Å². The van der Waals surface area contributed by atoms with Crippen LogP contribution in [0.2, 0.25) is 0 Å². The van der Waals surface area contributed by atoms with Crippen LogP contribution in [0.5, 0.6) is 23.2 Å². The molecule has 6 aromatic carbocycles. The van der Waals surface area contributed by atoms with Crippen LogP contribution in [0, 0.1) is 0 Å². The van der Waals surface area contributed by atoms with Crippen molar-refractivity contribution in [1.82, 2.24) is 9.97 Å². The zero-order chi connectivity index (χ0) is 35.8. The summed E-state index contributed by atoms with van der Waals surface area (Å²) >= 11 is 0. The van der Waals surface area contributed by atoms with Gasteiger partial charge in [-0.1, -0.05) is 127 Å². The fourth-order valence-electron chi connectivity index (χ4n) is 7.50. The smallest absolute Gasteiger partial charge is 0.286 e. The minimum atomic E-state index is -0.200. The number of benzene rings is 6. The number of nitrogens with zero attached hydrogens (tertiary/aromatic N) is 2. The molecule has 0 amide bonds. The summed E-state index contributed by atoms with van der Waals surface area (Å²) in [7, 11) is 0. The average Bonchev–Trinajstić information content (AvgIpc) is 3.61. The third-order valence-corrected chi connectivity index (χ3v) is 9.97. The summed E-state index contributed by atoms with van der Waals surface area (Å²) in [5.74, 6) is 2.54. The summed E-state index contributed by atoms with van der Waals surface area (Å²) in [6.45, 7) is -0.200. The highest BCUT2D eigenvalue weighted by atomic mass is 16.6. The Morgan fingerprint density at radius 1 is 0.481 bits per heavy atom. The molecule has 1 aliphatic heterocycles. The van der Waals surface area contributed by atoms with E-state index in [-0.39, 0.29) is 6.71 Å². The van der Waals surface area contributed by atoms with Gasteiger partial charge in [0.1, 0.15) is 22.8 Å². The summed E-state index contributed by atoms with van der Waals surface area (Å²) in [5, 5.41) is 1.02. The Morgan fingerprint density at radius 2 is 1.13 bits per heavy atom. The van der Waals surface area contributed by atoms with Gasteiger partial charge in [0, 0.05) is 34.4 Å². The monoisotopic (exact) mass is 694 g/mol. The van der Waals surface area contributed by atoms with E-state index >= 15 is 0 Å². The maximum Gasteiger partial charge on any atom is 0.286 e. The summed E-state index contributed by atoms with van der Waals surface area (Å²) in [4.78, 5) is 9.42. The molecule has 0 atom stereocenters. The lowest BCUT2D eigenvalue weighted by atomic mass is 9.35. The second kappa shape index (κ2) is 13.4. The van der Waals surface area contributed by atoms with Crippen molar-refractivity contribution in [2.45, 2.75) is 0 Å². The molecule has 6 heteroatoms. The van der Waals surface area contributed by atoms with Crippen LogP contribution >= 0.6 is 0 Å².